The second-order valence-electron chi connectivity index (χ2n) is 10.1. The molecule has 1 aromatic carbocycles. The van der Waals surface area contributed by atoms with Crippen molar-refractivity contribution in [2.24, 2.45) is 5.41 Å². The molecule has 29 heavy (non-hydrogen) atoms. The SMILES string of the molecule is CC1=C(CC[C@@H](C)N(C)Cc2ccc(O[C@@H](C)CN(C)C)cc2)C(C)(C)CCC1. The van der Waals surface area contributed by atoms with Gasteiger partial charge < -0.3 is 9.64 Å². The van der Waals surface area contributed by atoms with Crippen molar-refractivity contribution in [1.82, 2.24) is 9.80 Å². The fourth-order valence-electron chi connectivity index (χ4n) is 4.70. The molecule has 0 unspecified atom stereocenters. The smallest absolute Gasteiger partial charge is 0.119 e. The molecule has 1 aromatic rings. The number of likely N-dealkylation sites (N-methyl/N-ethyl adjacent to an activating group) is 1. The average molecular weight is 401 g/mol. The van der Waals surface area contributed by atoms with Crippen molar-refractivity contribution in [1.29, 1.82) is 0 Å². The fraction of sp³-hybridized carbons (Fsp3) is 0.692. The Morgan fingerprint density at radius 1 is 1.07 bits per heavy atom. The fourth-order valence-corrected chi connectivity index (χ4v) is 4.70. The van der Waals surface area contributed by atoms with E-state index in [0.717, 1.165) is 18.8 Å². The average Bonchev–Trinajstić information content (AvgIpc) is 2.61. The van der Waals surface area contributed by atoms with Gasteiger partial charge in [0, 0.05) is 19.1 Å². The maximum absolute atomic E-state index is 6.01. The van der Waals surface area contributed by atoms with E-state index in [1.165, 1.54) is 37.7 Å². The van der Waals surface area contributed by atoms with E-state index in [9.17, 15) is 0 Å². The summed E-state index contributed by atoms with van der Waals surface area (Å²) in [4.78, 5) is 4.64. The predicted molar refractivity (Wildman–Crippen MR) is 126 cm³/mol. The maximum Gasteiger partial charge on any atom is 0.119 e. The molecule has 164 valence electrons. The van der Waals surface area contributed by atoms with Crippen LogP contribution in [0, 0.1) is 5.41 Å². The molecule has 0 radical (unpaired) electrons. The van der Waals surface area contributed by atoms with Gasteiger partial charge >= 0.3 is 0 Å². The molecule has 1 aliphatic carbocycles. The predicted octanol–water partition coefficient (Wildman–Crippen LogP) is 6.14. The molecule has 3 heteroatoms. The summed E-state index contributed by atoms with van der Waals surface area (Å²) in [7, 11) is 6.40. The molecular formula is C26H44N2O. The highest BCUT2D eigenvalue weighted by Gasteiger charge is 2.28. The molecule has 0 saturated carbocycles. The number of rotatable bonds is 10. The van der Waals surface area contributed by atoms with Gasteiger partial charge in [-0.1, -0.05) is 37.1 Å². The highest BCUT2D eigenvalue weighted by Crippen LogP contribution is 2.42. The summed E-state index contributed by atoms with van der Waals surface area (Å²) in [6, 6.07) is 9.21. The van der Waals surface area contributed by atoms with Crippen molar-refractivity contribution in [2.45, 2.75) is 85.4 Å². The van der Waals surface area contributed by atoms with Gasteiger partial charge in [0.15, 0.2) is 0 Å². The third kappa shape index (κ3) is 7.46. The van der Waals surface area contributed by atoms with Gasteiger partial charge in [0.05, 0.1) is 0 Å². The Morgan fingerprint density at radius 2 is 1.72 bits per heavy atom. The van der Waals surface area contributed by atoms with Crippen molar-refractivity contribution in [2.75, 3.05) is 27.7 Å². The quantitative estimate of drug-likeness (QED) is 0.439. The van der Waals surface area contributed by atoms with Crippen LogP contribution in [-0.2, 0) is 6.54 Å². The summed E-state index contributed by atoms with van der Waals surface area (Å²) in [5.41, 5.74) is 5.10. The molecule has 0 bridgehead atoms. The topological polar surface area (TPSA) is 15.7 Å². The van der Waals surface area contributed by atoms with Gasteiger partial charge in [-0.2, -0.15) is 0 Å². The van der Waals surface area contributed by atoms with Crippen LogP contribution in [0.25, 0.3) is 0 Å². The molecule has 0 N–H and O–H groups in total. The summed E-state index contributed by atoms with van der Waals surface area (Å²) in [5, 5.41) is 0. The first-order valence-corrected chi connectivity index (χ1v) is 11.4. The highest BCUT2D eigenvalue weighted by atomic mass is 16.5. The molecule has 0 amide bonds. The maximum atomic E-state index is 6.01. The van der Waals surface area contributed by atoms with Crippen molar-refractivity contribution in [3.8, 4) is 5.75 Å². The van der Waals surface area contributed by atoms with E-state index >= 15 is 0 Å². The standard InChI is InChI=1S/C26H44N2O/c1-20-10-9-17-26(4,5)25(20)16-11-21(2)28(8)19-23-12-14-24(15-13-23)29-22(3)18-27(6)7/h12-15,21-22H,9-11,16-19H2,1-8H3/t21-,22+/m1/s1. The second-order valence-corrected chi connectivity index (χ2v) is 10.1. The summed E-state index contributed by atoms with van der Waals surface area (Å²) >= 11 is 0. The summed E-state index contributed by atoms with van der Waals surface area (Å²) in [5.74, 6) is 0.959. The van der Waals surface area contributed by atoms with Crippen molar-refractivity contribution in [3.63, 3.8) is 0 Å². The van der Waals surface area contributed by atoms with Gasteiger partial charge in [-0.3, -0.25) is 4.90 Å². The van der Waals surface area contributed by atoms with Crippen LogP contribution in [-0.4, -0.2) is 49.6 Å². The Morgan fingerprint density at radius 3 is 2.31 bits per heavy atom. The Kier molecular flexibility index (Phi) is 8.78. The van der Waals surface area contributed by atoms with Crippen LogP contribution >= 0.6 is 0 Å². The normalized spacial score (nSPS) is 19.0. The van der Waals surface area contributed by atoms with Gasteiger partial charge in [0.1, 0.15) is 11.9 Å². The first-order chi connectivity index (χ1) is 13.6. The lowest BCUT2D eigenvalue weighted by Crippen LogP contribution is -2.30. The minimum absolute atomic E-state index is 0.195. The molecule has 0 saturated heterocycles. The molecule has 2 rings (SSSR count). The van der Waals surface area contributed by atoms with Gasteiger partial charge in [-0.05, 0) is 97.1 Å². The molecule has 0 aliphatic heterocycles. The zero-order valence-electron chi connectivity index (χ0n) is 20.2. The molecule has 1 aliphatic rings. The minimum atomic E-state index is 0.195. The molecule has 0 heterocycles. The lowest BCUT2D eigenvalue weighted by molar-refractivity contribution is 0.176. The Hall–Kier alpha value is -1.32. The van der Waals surface area contributed by atoms with E-state index in [1.54, 1.807) is 11.1 Å². The van der Waals surface area contributed by atoms with E-state index in [-0.39, 0.29) is 6.10 Å². The van der Waals surface area contributed by atoms with Crippen molar-refractivity contribution < 1.29 is 4.74 Å². The summed E-state index contributed by atoms with van der Waals surface area (Å²) < 4.78 is 6.01. The van der Waals surface area contributed by atoms with Crippen LogP contribution in [0.2, 0.25) is 0 Å². The van der Waals surface area contributed by atoms with Gasteiger partial charge in [0.2, 0.25) is 0 Å². The lowest BCUT2D eigenvalue weighted by atomic mass is 9.71. The molecular weight excluding hydrogens is 356 g/mol. The lowest BCUT2D eigenvalue weighted by Gasteiger charge is -2.36. The van der Waals surface area contributed by atoms with Crippen LogP contribution in [0.15, 0.2) is 35.4 Å². The van der Waals surface area contributed by atoms with Crippen LogP contribution in [0.4, 0.5) is 0 Å². The Bertz CT molecular complexity index is 660. The molecule has 0 fully saturated rings. The van der Waals surface area contributed by atoms with E-state index in [2.05, 4.69) is 89.8 Å². The van der Waals surface area contributed by atoms with Gasteiger partial charge in [-0.15, -0.1) is 0 Å². The highest BCUT2D eigenvalue weighted by molar-refractivity contribution is 5.27. The van der Waals surface area contributed by atoms with Crippen LogP contribution in [0.5, 0.6) is 5.75 Å². The van der Waals surface area contributed by atoms with Crippen LogP contribution in [0.1, 0.15) is 72.3 Å². The Balaban J connectivity index is 1.85. The molecule has 3 nitrogen and oxygen atoms in total. The van der Waals surface area contributed by atoms with Crippen molar-refractivity contribution >= 4 is 0 Å². The summed E-state index contributed by atoms with van der Waals surface area (Å²) in [6.07, 6.45) is 6.65. The van der Waals surface area contributed by atoms with Crippen LogP contribution < -0.4 is 4.74 Å². The molecule has 2 atom stereocenters. The molecule has 0 spiro atoms. The summed E-state index contributed by atoms with van der Waals surface area (Å²) in [6.45, 7) is 13.6. The second kappa shape index (κ2) is 10.6. The van der Waals surface area contributed by atoms with Gasteiger partial charge in [-0.25, -0.2) is 0 Å². The number of ether oxygens (including phenoxy) is 1. The number of benzene rings is 1. The van der Waals surface area contributed by atoms with Crippen LogP contribution in [0.3, 0.4) is 0 Å². The zero-order valence-corrected chi connectivity index (χ0v) is 20.2. The third-order valence-corrected chi connectivity index (χ3v) is 6.57. The monoisotopic (exact) mass is 400 g/mol. The number of nitrogens with zero attached hydrogens (tertiary/aromatic N) is 2. The minimum Gasteiger partial charge on any atom is -0.489 e. The largest absolute Gasteiger partial charge is 0.489 e. The Labute approximate surface area is 180 Å². The number of hydrogen-bond donors (Lipinski definition) is 0. The zero-order chi connectivity index (χ0) is 21.6. The first kappa shape index (κ1) is 24.0. The first-order valence-electron chi connectivity index (χ1n) is 11.4. The number of allylic oxidation sites excluding steroid dienone is 2. The molecule has 0 aromatic heterocycles. The van der Waals surface area contributed by atoms with E-state index in [0.29, 0.717) is 11.5 Å². The van der Waals surface area contributed by atoms with Gasteiger partial charge in [0.25, 0.3) is 0 Å². The third-order valence-electron chi connectivity index (χ3n) is 6.57. The number of hydrogen-bond acceptors (Lipinski definition) is 3. The van der Waals surface area contributed by atoms with E-state index in [4.69, 9.17) is 4.74 Å². The van der Waals surface area contributed by atoms with E-state index < -0.39 is 0 Å². The van der Waals surface area contributed by atoms with E-state index in [1.807, 2.05) is 0 Å². The van der Waals surface area contributed by atoms with Crippen molar-refractivity contribution in [3.05, 3.63) is 41.0 Å².